The Kier molecular flexibility index (Phi) is 6.50. The van der Waals surface area contributed by atoms with Crippen molar-refractivity contribution < 1.29 is 14.6 Å². The average molecular weight is 403 g/mol. The normalized spacial score (nSPS) is 23.2. The summed E-state index contributed by atoms with van der Waals surface area (Å²) >= 11 is 1.67. The minimum Gasteiger partial charge on any atom is -0.378 e. The van der Waals surface area contributed by atoms with Crippen LogP contribution in [0, 0.1) is 17.8 Å². The molecule has 0 aromatic heterocycles. The highest BCUT2D eigenvalue weighted by atomic mass is 32.2. The van der Waals surface area contributed by atoms with Crippen LogP contribution >= 0.6 is 11.8 Å². The Balaban J connectivity index is 1.65. The number of nitrogens with zero attached hydrogens (tertiary/aromatic N) is 3. The molecule has 2 N–H and O–H groups in total. The van der Waals surface area contributed by atoms with Gasteiger partial charge in [-0.25, -0.2) is 0 Å². The lowest BCUT2D eigenvalue weighted by Gasteiger charge is -2.31. The average Bonchev–Trinajstić information content (AvgIpc) is 3.01. The Hall–Kier alpha value is -2.21. The number of aliphatic hydroxyl groups excluding tert-OH is 1. The number of hydrogen-bond acceptors (Lipinski definition) is 7. The maximum Gasteiger partial charge on any atom is 0.268 e. The molecule has 3 heterocycles. The van der Waals surface area contributed by atoms with Crippen LogP contribution in [0.1, 0.15) is 13.8 Å². The highest BCUT2D eigenvalue weighted by molar-refractivity contribution is 8.08. The maximum absolute atomic E-state index is 11.9. The molecule has 3 rings (SSSR count). The molecule has 1 fully saturated rings. The van der Waals surface area contributed by atoms with E-state index in [1.807, 2.05) is 13.1 Å². The number of morpholine rings is 1. The van der Waals surface area contributed by atoms with E-state index in [1.165, 1.54) is 4.90 Å². The van der Waals surface area contributed by atoms with Crippen molar-refractivity contribution in [2.45, 2.75) is 20.0 Å². The smallest absolute Gasteiger partial charge is 0.268 e. The summed E-state index contributed by atoms with van der Waals surface area (Å²) in [5, 5.41) is 18.0. The third-order valence-corrected chi connectivity index (χ3v) is 6.55. The van der Waals surface area contributed by atoms with E-state index in [4.69, 9.17) is 16.6 Å². The summed E-state index contributed by atoms with van der Waals surface area (Å²) in [5.41, 5.74) is 2.74. The number of amides is 1. The quantitative estimate of drug-likeness (QED) is 0.688. The van der Waals surface area contributed by atoms with E-state index >= 15 is 0 Å². The Labute approximate surface area is 170 Å². The van der Waals surface area contributed by atoms with E-state index in [0.717, 1.165) is 47.4 Å². The molecule has 0 unspecified atom stereocenters. The highest BCUT2D eigenvalue weighted by Gasteiger charge is 2.28. The molecule has 0 aromatic carbocycles. The van der Waals surface area contributed by atoms with Crippen molar-refractivity contribution in [1.82, 2.24) is 14.7 Å². The SMILES string of the molecule is C#C[C@H](O)C(=O)N1C=CN(CC2=C(C)C(=N)/C(=C(\C)N3CCOCC3)S2)CC1. The molecule has 0 radical (unpaired) electrons. The number of terminal acetylenes is 1. The van der Waals surface area contributed by atoms with Crippen LogP contribution in [0.4, 0.5) is 0 Å². The van der Waals surface area contributed by atoms with Gasteiger partial charge in [0.2, 0.25) is 0 Å². The molecule has 1 saturated heterocycles. The topological polar surface area (TPSA) is 80.1 Å². The van der Waals surface area contributed by atoms with Gasteiger partial charge in [-0.3, -0.25) is 10.2 Å². The van der Waals surface area contributed by atoms with Crippen LogP contribution < -0.4 is 0 Å². The zero-order valence-corrected chi connectivity index (χ0v) is 17.1. The van der Waals surface area contributed by atoms with Crippen molar-refractivity contribution in [3.63, 3.8) is 0 Å². The number of thioether (sulfide) groups is 1. The molecular weight excluding hydrogens is 376 g/mol. The van der Waals surface area contributed by atoms with Crippen LogP contribution in [0.25, 0.3) is 0 Å². The Bertz CT molecular complexity index is 790. The molecule has 0 spiro atoms. The van der Waals surface area contributed by atoms with Gasteiger partial charge in [-0.2, -0.15) is 0 Å². The monoisotopic (exact) mass is 402 g/mol. The molecular formula is C20H26N4O3S. The molecule has 3 aliphatic heterocycles. The largest absolute Gasteiger partial charge is 0.378 e. The number of allylic oxidation sites excluding steroid dienone is 3. The van der Waals surface area contributed by atoms with Crippen molar-refractivity contribution in [2.24, 2.45) is 0 Å². The fraction of sp³-hybridized carbons (Fsp3) is 0.500. The Morgan fingerprint density at radius 1 is 1.36 bits per heavy atom. The van der Waals surface area contributed by atoms with Gasteiger partial charge in [0.1, 0.15) is 0 Å². The summed E-state index contributed by atoms with van der Waals surface area (Å²) in [7, 11) is 0. The lowest BCUT2D eigenvalue weighted by atomic mass is 10.1. The van der Waals surface area contributed by atoms with Gasteiger partial charge in [0.05, 0.1) is 23.8 Å². The van der Waals surface area contributed by atoms with Gasteiger partial charge in [-0.05, 0) is 19.4 Å². The molecule has 3 aliphatic rings. The molecule has 7 nitrogen and oxygen atoms in total. The minimum absolute atomic E-state index is 0.470. The summed E-state index contributed by atoms with van der Waals surface area (Å²) in [5.74, 6) is 1.58. The summed E-state index contributed by atoms with van der Waals surface area (Å²) in [4.78, 5) is 20.0. The van der Waals surface area contributed by atoms with Crippen LogP contribution in [0.2, 0.25) is 0 Å². The van der Waals surface area contributed by atoms with Crippen molar-refractivity contribution in [3.8, 4) is 12.3 Å². The third kappa shape index (κ3) is 4.27. The number of aliphatic hydroxyl groups is 1. The second-order valence-electron chi connectivity index (χ2n) is 6.91. The van der Waals surface area contributed by atoms with Crippen molar-refractivity contribution >= 4 is 23.4 Å². The molecule has 0 saturated carbocycles. The number of carbonyl (C=O) groups excluding carboxylic acids is 1. The van der Waals surface area contributed by atoms with Crippen LogP contribution in [0.15, 0.2) is 33.5 Å². The molecule has 0 aliphatic carbocycles. The lowest BCUT2D eigenvalue weighted by molar-refractivity contribution is -0.135. The minimum atomic E-state index is -1.40. The van der Waals surface area contributed by atoms with E-state index in [2.05, 4.69) is 22.6 Å². The second kappa shape index (κ2) is 8.86. The first-order chi connectivity index (χ1) is 13.4. The zero-order chi connectivity index (χ0) is 20.3. The van der Waals surface area contributed by atoms with Crippen LogP contribution in [-0.2, 0) is 9.53 Å². The molecule has 28 heavy (non-hydrogen) atoms. The standard InChI is InChI=1S/C20H26N4O3S/c1-4-16(25)20(26)24-7-5-22(6-8-24)13-17-14(2)18(21)19(28-17)15(3)23-9-11-27-12-10-23/h1,5,7,16,21,25H,6,8-13H2,2-3H3/b19-15-,21-18?/t16-/m0/s1. The van der Waals surface area contributed by atoms with Crippen LogP contribution in [0.3, 0.4) is 0 Å². The van der Waals surface area contributed by atoms with E-state index in [0.29, 0.717) is 25.3 Å². The van der Waals surface area contributed by atoms with E-state index in [9.17, 15) is 9.90 Å². The fourth-order valence-corrected chi connectivity index (χ4v) is 4.56. The fourth-order valence-electron chi connectivity index (χ4n) is 3.30. The Morgan fingerprint density at radius 3 is 2.68 bits per heavy atom. The first kappa shape index (κ1) is 20.5. The highest BCUT2D eigenvalue weighted by Crippen LogP contribution is 2.41. The van der Waals surface area contributed by atoms with Gasteiger partial charge < -0.3 is 24.5 Å². The number of rotatable bonds is 4. The van der Waals surface area contributed by atoms with Gasteiger partial charge in [-0.15, -0.1) is 6.42 Å². The third-order valence-electron chi connectivity index (χ3n) is 5.17. The molecule has 1 amide bonds. The van der Waals surface area contributed by atoms with Crippen molar-refractivity contribution in [1.29, 1.82) is 5.41 Å². The number of ether oxygens (including phenoxy) is 1. The zero-order valence-electron chi connectivity index (χ0n) is 16.3. The molecule has 0 aromatic rings. The van der Waals surface area contributed by atoms with Crippen LogP contribution in [-0.4, -0.2) is 83.5 Å². The number of nitrogens with one attached hydrogen (secondary N) is 1. The summed E-state index contributed by atoms with van der Waals surface area (Å²) in [6, 6.07) is 0. The first-order valence-electron chi connectivity index (χ1n) is 9.30. The molecule has 8 heteroatoms. The predicted octanol–water partition coefficient (Wildman–Crippen LogP) is 1.20. The van der Waals surface area contributed by atoms with Gasteiger partial charge >= 0.3 is 0 Å². The van der Waals surface area contributed by atoms with E-state index < -0.39 is 12.0 Å². The van der Waals surface area contributed by atoms with Crippen molar-refractivity contribution in [3.05, 3.63) is 33.5 Å². The summed E-state index contributed by atoms with van der Waals surface area (Å²) in [6.07, 6.45) is 7.20. The molecule has 0 bridgehead atoms. The second-order valence-corrected chi connectivity index (χ2v) is 8.01. The van der Waals surface area contributed by atoms with Gasteiger partial charge in [-0.1, -0.05) is 17.7 Å². The first-order valence-corrected chi connectivity index (χ1v) is 10.1. The predicted molar refractivity (Wildman–Crippen MR) is 110 cm³/mol. The maximum atomic E-state index is 11.9. The van der Waals surface area contributed by atoms with E-state index in [1.54, 1.807) is 18.0 Å². The van der Waals surface area contributed by atoms with Gasteiger partial charge in [0, 0.05) is 55.7 Å². The number of hydrogen-bond donors (Lipinski definition) is 2. The van der Waals surface area contributed by atoms with Gasteiger partial charge in [0.25, 0.3) is 5.91 Å². The van der Waals surface area contributed by atoms with Gasteiger partial charge in [0.15, 0.2) is 6.10 Å². The lowest BCUT2D eigenvalue weighted by Crippen LogP contribution is -2.42. The number of carbonyl (C=O) groups is 1. The summed E-state index contributed by atoms with van der Waals surface area (Å²) in [6.45, 7) is 9.06. The molecule has 1 atom stereocenters. The van der Waals surface area contributed by atoms with Crippen LogP contribution in [0.5, 0.6) is 0 Å². The van der Waals surface area contributed by atoms with E-state index in [-0.39, 0.29) is 0 Å². The Morgan fingerprint density at radius 2 is 2.07 bits per heavy atom. The summed E-state index contributed by atoms with van der Waals surface area (Å²) < 4.78 is 5.43. The van der Waals surface area contributed by atoms with Crippen molar-refractivity contribution in [2.75, 3.05) is 45.9 Å². The molecule has 150 valence electrons.